The maximum Gasteiger partial charge on any atom is 0.231 e. The molecule has 1 aromatic carbocycles. The zero-order valence-corrected chi connectivity index (χ0v) is 9.65. The molecule has 0 aromatic heterocycles. The molecule has 0 spiro atoms. The number of benzene rings is 1. The van der Waals surface area contributed by atoms with Crippen molar-refractivity contribution in [3.05, 3.63) is 23.8 Å². The van der Waals surface area contributed by atoms with E-state index in [1.807, 2.05) is 11.0 Å². The lowest BCUT2D eigenvalue weighted by molar-refractivity contribution is -0.117. The van der Waals surface area contributed by atoms with E-state index in [0.717, 1.165) is 37.3 Å². The molecule has 4 heteroatoms. The molecule has 1 unspecified atom stereocenters. The average molecular weight is 232 g/mol. The standard InChI is InChI=1S/C13H16N2O2/c16-11-1-2-12-10(5-11)6-13(17)15(12)8-9-3-4-14-7-9/h1-2,5,9,14,16H,3-4,6-8H2. The van der Waals surface area contributed by atoms with Crippen LogP contribution in [-0.2, 0) is 11.2 Å². The van der Waals surface area contributed by atoms with Gasteiger partial charge in [0.2, 0.25) is 5.91 Å². The number of fused-ring (bicyclic) bond motifs is 1. The lowest BCUT2D eigenvalue weighted by Gasteiger charge is -2.21. The SMILES string of the molecule is O=C1Cc2cc(O)ccc2N1CC1CCNC1. The van der Waals surface area contributed by atoms with Gasteiger partial charge in [0.15, 0.2) is 0 Å². The minimum atomic E-state index is 0.150. The molecule has 3 rings (SSSR count). The number of phenols is 1. The molecule has 1 atom stereocenters. The fourth-order valence-corrected chi connectivity index (χ4v) is 2.70. The van der Waals surface area contributed by atoms with Gasteiger partial charge in [0.05, 0.1) is 6.42 Å². The lowest BCUT2D eigenvalue weighted by atomic mass is 10.1. The van der Waals surface area contributed by atoms with Crippen LogP contribution in [0.4, 0.5) is 5.69 Å². The highest BCUT2D eigenvalue weighted by Gasteiger charge is 2.30. The summed E-state index contributed by atoms with van der Waals surface area (Å²) in [6, 6.07) is 5.19. The van der Waals surface area contributed by atoms with Crippen molar-refractivity contribution in [3.8, 4) is 5.75 Å². The summed E-state index contributed by atoms with van der Waals surface area (Å²) < 4.78 is 0. The molecular formula is C13H16N2O2. The molecule has 0 saturated carbocycles. The van der Waals surface area contributed by atoms with Gasteiger partial charge in [-0.3, -0.25) is 4.79 Å². The number of amides is 1. The van der Waals surface area contributed by atoms with Gasteiger partial charge in [0.25, 0.3) is 0 Å². The van der Waals surface area contributed by atoms with Crippen LogP contribution in [0.1, 0.15) is 12.0 Å². The molecule has 0 aliphatic carbocycles. The molecule has 2 N–H and O–H groups in total. The average Bonchev–Trinajstić information content (AvgIpc) is 2.88. The van der Waals surface area contributed by atoms with E-state index in [-0.39, 0.29) is 11.7 Å². The van der Waals surface area contributed by atoms with Crippen molar-refractivity contribution in [2.75, 3.05) is 24.5 Å². The van der Waals surface area contributed by atoms with Gasteiger partial charge in [0.1, 0.15) is 5.75 Å². The van der Waals surface area contributed by atoms with Crippen LogP contribution in [0.2, 0.25) is 0 Å². The monoisotopic (exact) mass is 232 g/mol. The highest BCUT2D eigenvalue weighted by Crippen LogP contribution is 2.32. The fraction of sp³-hybridized carbons (Fsp3) is 0.462. The summed E-state index contributed by atoms with van der Waals surface area (Å²) in [6.07, 6.45) is 1.56. The summed E-state index contributed by atoms with van der Waals surface area (Å²) in [5, 5.41) is 12.7. The molecule has 0 bridgehead atoms. The van der Waals surface area contributed by atoms with E-state index in [9.17, 15) is 9.90 Å². The minimum absolute atomic E-state index is 0.150. The largest absolute Gasteiger partial charge is 0.508 e. The molecule has 2 heterocycles. The molecule has 0 radical (unpaired) electrons. The lowest BCUT2D eigenvalue weighted by Crippen LogP contribution is -2.33. The van der Waals surface area contributed by atoms with Gasteiger partial charge in [-0.2, -0.15) is 0 Å². The predicted octanol–water partition coefficient (Wildman–Crippen LogP) is 0.891. The quantitative estimate of drug-likeness (QED) is 0.796. The fourth-order valence-electron chi connectivity index (χ4n) is 2.70. The Bertz CT molecular complexity index is 453. The summed E-state index contributed by atoms with van der Waals surface area (Å²) in [5.41, 5.74) is 1.92. The smallest absolute Gasteiger partial charge is 0.231 e. The van der Waals surface area contributed by atoms with Crippen LogP contribution >= 0.6 is 0 Å². The Morgan fingerprint density at radius 2 is 2.35 bits per heavy atom. The maximum absolute atomic E-state index is 12.0. The summed E-state index contributed by atoms with van der Waals surface area (Å²) in [7, 11) is 0. The van der Waals surface area contributed by atoms with Crippen LogP contribution in [0.25, 0.3) is 0 Å². The Balaban J connectivity index is 1.83. The molecule has 1 fully saturated rings. The van der Waals surface area contributed by atoms with E-state index in [4.69, 9.17) is 0 Å². The van der Waals surface area contributed by atoms with Gasteiger partial charge in [0, 0.05) is 12.2 Å². The number of hydrogen-bond donors (Lipinski definition) is 2. The molecule has 1 amide bonds. The normalized spacial score (nSPS) is 23.2. The number of anilines is 1. The Morgan fingerprint density at radius 3 is 3.12 bits per heavy atom. The van der Waals surface area contributed by atoms with E-state index >= 15 is 0 Å². The molecule has 2 aliphatic rings. The Kier molecular flexibility index (Phi) is 2.52. The van der Waals surface area contributed by atoms with Crippen LogP contribution in [0.15, 0.2) is 18.2 Å². The second-order valence-electron chi connectivity index (χ2n) is 4.85. The summed E-state index contributed by atoms with van der Waals surface area (Å²) in [4.78, 5) is 13.8. The third kappa shape index (κ3) is 1.89. The van der Waals surface area contributed by atoms with Crippen LogP contribution < -0.4 is 10.2 Å². The first-order valence-electron chi connectivity index (χ1n) is 6.07. The molecule has 4 nitrogen and oxygen atoms in total. The van der Waals surface area contributed by atoms with Crippen molar-refractivity contribution in [3.63, 3.8) is 0 Å². The summed E-state index contributed by atoms with van der Waals surface area (Å²) >= 11 is 0. The van der Waals surface area contributed by atoms with E-state index < -0.39 is 0 Å². The van der Waals surface area contributed by atoms with Crippen LogP contribution in [-0.4, -0.2) is 30.6 Å². The highest BCUT2D eigenvalue weighted by molar-refractivity contribution is 6.01. The number of aromatic hydroxyl groups is 1. The van der Waals surface area contributed by atoms with E-state index in [1.165, 1.54) is 0 Å². The van der Waals surface area contributed by atoms with Crippen LogP contribution in [0, 0.1) is 5.92 Å². The zero-order chi connectivity index (χ0) is 11.8. The van der Waals surface area contributed by atoms with Crippen LogP contribution in [0.5, 0.6) is 5.75 Å². The van der Waals surface area contributed by atoms with Gasteiger partial charge in [-0.25, -0.2) is 0 Å². The number of phenolic OH excluding ortho intramolecular Hbond substituents is 1. The number of carbonyl (C=O) groups is 1. The van der Waals surface area contributed by atoms with Gasteiger partial charge in [-0.05, 0) is 49.2 Å². The van der Waals surface area contributed by atoms with Crippen molar-refractivity contribution in [1.82, 2.24) is 5.32 Å². The third-order valence-corrected chi connectivity index (χ3v) is 3.60. The number of carbonyl (C=O) groups excluding carboxylic acids is 1. The Morgan fingerprint density at radius 1 is 1.47 bits per heavy atom. The van der Waals surface area contributed by atoms with Crippen molar-refractivity contribution in [1.29, 1.82) is 0 Å². The van der Waals surface area contributed by atoms with Gasteiger partial charge < -0.3 is 15.3 Å². The van der Waals surface area contributed by atoms with Gasteiger partial charge in [-0.1, -0.05) is 0 Å². The van der Waals surface area contributed by atoms with E-state index in [1.54, 1.807) is 12.1 Å². The molecular weight excluding hydrogens is 216 g/mol. The summed E-state index contributed by atoms with van der Waals surface area (Å²) in [6.45, 7) is 2.84. The Hall–Kier alpha value is -1.55. The molecule has 1 saturated heterocycles. The number of nitrogens with zero attached hydrogens (tertiary/aromatic N) is 1. The predicted molar refractivity (Wildman–Crippen MR) is 65.1 cm³/mol. The van der Waals surface area contributed by atoms with Crippen molar-refractivity contribution < 1.29 is 9.90 Å². The highest BCUT2D eigenvalue weighted by atomic mass is 16.3. The van der Waals surface area contributed by atoms with Gasteiger partial charge >= 0.3 is 0 Å². The first-order valence-corrected chi connectivity index (χ1v) is 6.07. The number of hydrogen-bond acceptors (Lipinski definition) is 3. The number of nitrogens with one attached hydrogen (secondary N) is 1. The van der Waals surface area contributed by atoms with Crippen molar-refractivity contribution >= 4 is 11.6 Å². The molecule has 1 aromatic rings. The topological polar surface area (TPSA) is 52.6 Å². The first kappa shape index (κ1) is 10.6. The van der Waals surface area contributed by atoms with Crippen molar-refractivity contribution in [2.24, 2.45) is 5.92 Å². The number of rotatable bonds is 2. The molecule has 17 heavy (non-hydrogen) atoms. The van der Waals surface area contributed by atoms with Gasteiger partial charge in [-0.15, -0.1) is 0 Å². The van der Waals surface area contributed by atoms with E-state index in [0.29, 0.717) is 12.3 Å². The Labute approximate surface area is 100 Å². The zero-order valence-electron chi connectivity index (χ0n) is 9.65. The second-order valence-corrected chi connectivity index (χ2v) is 4.85. The van der Waals surface area contributed by atoms with E-state index in [2.05, 4.69) is 5.32 Å². The first-order chi connectivity index (χ1) is 8.24. The third-order valence-electron chi connectivity index (χ3n) is 3.60. The van der Waals surface area contributed by atoms with Crippen LogP contribution in [0.3, 0.4) is 0 Å². The van der Waals surface area contributed by atoms with Crippen molar-refractivity contribution in [2.45, 2.75) is 12.8 Å². The second kappa shape index (κ2) is 4.04. The molecule has 2 aliphatic heterocycles. The summed E-state index contributed by atoms with van der Waals surface area (Å²) in [5.74, 6) is 0.942. The molecule has 90 valence electrons. The maximum atomic E-state index is 12.0. The minimum Gasteiger partial charge on any atom is -0.508 e.